The van der Waals surface area contributed by atoms with Crippen molar-refractivity contribution in [2.75, 3.05) is 6.61 Å². The van der Waals surface area contributed by atoms with Crippen LogP contribution in [0.4, 0.5) is 0 Å². The maximum Gasteiger partial charge on any atom is 0.162 e. The lowest BCUT2D eigenvalue weighted by molar-refractivity contribution is 0.00898. The zero-order valence-electron chi connectivity index (χ0n) is 11.2. The Hall–Kier alpha value is -0.190. The van der Waals surface area contributed by atoms with Gasteiger partial charge >= 0.3 is 0 Å². The molecule has 2 rings (SSSR count). The van der Waals surface area contributed by atoms with E-state index in [0.717, 1.165) is 29.6 Å². The summed E-state index contributed by atoms with van der Waals surface area (Å²) in [5, 5.41) is 0.460. The molecule has 0 saturated carbocycles. The van der Waals surface area contributed by atoms with Gasteiger partial charge in [-0.2, -0.15) is 0 Å². The van der Waals surface area contributed by atoms with E-state index in [4.69, 9.17) is 21.3 Å². The lowest BCUT2D eigenvalue weighted by Crippen LogP contribution is -2.26. The van der Waals surface area contributed by atoms with Crippen molar-refractivity contribution in [3.05, 3.63) is 21.1 Å². The average Bonchev–Trinajstić information content (AvgIpc) is 2.68. The van der Waals surface area contributed by atoms with Crippen molar-refractivity contribution in [1.29, 1.82) is 0 Å². The summed E-state index contributed by atoms with van der Waals surface area (Å²) in [6, 6.07) is 0. The summed E-state index contributed by atoms with van der Waals surface area (Å²) >= 11 is 9.69. The van der Waals surface area contributed by atoms with Gasteiger partial charge in [-0.15, -0.1) is 0 Å². The van der Waals surface area contributed by atoms with Crippen LogP contribution in [0, 0.1) is 0 Å². The van der Waals surface area contributed by atoms with Crippen molar-refractivity contribution in [2.45, 2.75) is 51.6 Å². The van der Waals surface area contributed by atoms with Crippen LogP contribution < -0.4 is 0 Å². The van der Waals surface area contributed by atoms with Crippen molar-refractivity contribution in [3.8, 4) is 0 Å². The molecule has 0 radical (unpaired) electrons. The fourth-order valence-electron chi connectivity index (χ4n) is 2.11. The average molecular weight is 334 g/mol. The van der Waals surface area contributed by atoms with Crippen LogP contribution in [-0.4, -0.2) is 16.6 Å². The van der Waals surface area contributed by atoms with Crippen molar-refractivity contribution >= 4 is 27.5 Å². The highest BCUT2D eigenvalue weighted by Crippen LogP contribution is 2.38. The summed E-state index contributed by atoms with van der Waals surface area (Å²) in [6.45, 7) is 9.12. The summed E-state index contributed by atoms with van der Waals surface area (Å²) < 4.78 is 6.57. The van der Waals surface area contributed by atoms with E-state index in [1.165, 1.54) is 0 Å². The lowest BCUT2D eigenvalue weighted by atomic mass is 9.91. The number of rotatable bonds is 1. The van der Waals surface area contributed by atoms with Gasteiger partial charge in [0.05, 0.1) is 10.2 Å². The highest BCUT2D eigenvalue weighted by Gasteiger charge is 2.36. The lowest BCUT2D eigenvalue weighted by Gasteiger charge is -2.26. The van der Waals surface area contributed by atoms with E-state index in [1.54, 1.807) is 0 Å². The maximum absolute atomic E-state index is 6.21. The molecule has 0 aliphatic carbocycles. The Labute approximate surface area is 121 Å². The Kier molecular flexibility index (Phi) is 3.74. The molecule has 0 bridgehead atoms. The first-order valence-electron chi connectivity index (χ1n) is 6.12. The molecule has 2 heterocycles. The van der Waals surface area contributed by atoms with Crippen LogP contribution in [-0.2, 0) is 15.8 Å². The zero-order valence-corrected chi connectivity index (χ0v) is 13.5. The molecular formula is C13H18BrClN2O. The highest BCUT2D eigenvalue weighted by atomic mass is 79.9. The highest BCUT2D eigenvalue weighted by molar-refractivity contribution is 9.10. The van der Waals surface area contributed by atoms with Crippen LogP contribution in [0.3, 0.4) is 0 Å². The number of hydrogen-bond acceptors (Lipinski definition) is 3. The molecule has 5 heteroatoms. The number of halogens is 2. The van der Waals surface area contributed by atoms with Gasteiger partial charge in [-0.05, 0) is 35.7 Å². The molecule has 1 aliphatic heterocycles. The van der Waals surface area contributed by atoms with Crippen molar-refractivity contribution in [1.82, 2.24) is 9.97 Å². The maximum atomic E-state index is 6.21. The topological polar surface area (TPSA) is 35.0 Å². The third kappa shape index (κ3) is 2.56. The number of ether oxygens (including phenoxy) is 1. The van der Waals surface area contributed by atoms with Gasteiger partial charge in [-0.1, -0.05) is 32.4 Å². The molecule has 0 N–H and O–H groups in total. The van der Waals surface area contributed by atoms with Gasteiger partial charge in [-0.3, -0.25) is 0 Å². The molecule has 1 fully saturated rings. The Balaban J connectivity index is 2.54. The van der Waals surface area contributed by atoms with Crippen LogP contribution in [0.2, 0.25) is 5.15 Å². The first-order valence-corrected chi connectivity index (χ1v) is 7.29. The third-order valence-electron chi connectivity index (χ3n) is 3.21. The second kappa shape index (κ2) is 4.73. The zero-order chi connectivity index (χ0) is 13.6. The second-order valence-corrected chi connectivity index (χ2v) is 7.08. The van der Waals surface area contributed by atoms with Crippen LogP contribution >= 0.6 is 27.5 Å². The summed E-state index contributed by atoms with van der Waals surface area (Å²) in [4.78, 5) is 9.07. The summed E-state index contributed by atoms with van der Waals surface area (Å²) in [7, 11) is 0. The van der Waals surface area contributed by atoms with Gasteiger partial charge in [0, 0.05) is 12.0 Å². The fourth-order valence-corrected chi connectivity index (χ4v) is 3.05. The Morgan fingerprint density at radius 3 is 2.50 bits per heavy atom. The number of hydrogen-bond donors (Lipinski definition) is 0. The summed E-state index contributed by atoms with van der Waals surface area (Å²) in [5.74, 6) is 0.693. The van der Waals surface area contributed by atoms with Crippen molar-refractivity contribution < 1.29 is 4.74 Å². The van der Waals surface area contributed by atoms with E-state index in [2.05, 4.69) is 41.7 Å². The van der Waals surface area contributed by atoms with Gasteiger partial charge in [0.15, 0.2) is 5.82 Å². The predicted molar refractivity (Wildman–Crippen MR) is 76.0 cm³/mol. The Morgan fingerprint density at radius 1 is 1.33 bits per heavy atom. The van der Waals surface area contributed by atoms with E-state index in [1.807, 2.05) is 6.92 Å². The number of nitrogens with zero attached hydrogens (tertiary/aromatic N) is 2. The molecule has 1 unspecified atom stereocenters. The molecule has 0 spiro atoms. The first kappa shape index (κ1) is 14.2. The van der Waals surface area contributed by atoms with Gasteiger partial charge in [0.2, 0.25) is 0 Å². The molecule has 1 atom stereocenters. The van der Waals surface area contributed by atoms with Gasteiger partial charge in [0.1, 0.15) is 10.8 Å². The Bertz CT molecular complexity index is 465. The molecular weight excluding hydrogens is 316 g/mol. The second-order valence-electron chi connectivity index (χ2n) is 5.93. The standard InChI is InChI=1S/C13H18BrClN2O/c1-12(2,3)9-8(14)10(15)17-11(16-9)13(4)6-5-7-18-13/h5-7H2,1-4H3. The quantitative estimate of drug-likeness (QED) is 0.722. The normalized spacial score (nSPS) is 24.6. The molecule has 0 aromatic carbocycles. The molecule has 1 saturated heterocycles. The van der Waals surface area contributed by atoms with Crippen molar-refractivity contribution in [3.63, 3.8) is 0 Å². The van der Waals surface area contributed by atoms with E-state index in [9.17, 15) is 0 Å². The van der Waals surface area contributed by atoms with Crippen molar-refractivity contribution in [2.24, 2.45) is 0 Å². The minimum absolute atomic E-state index is 0.0882. The third-order valence-corrected chi connectivity index (χ3v) is 4.47. The molecule has 3 nitrogen and oxygen atoms in total. The van der Waals surface area contributed by atoms with Crippen LogP contribution in [0.1, 0.15) is 52.1 Å². The minimum Gasteiger partial charge on any atom is -0.367 e. The fraction of sp³-hybridized carbons (Fsp3) is 0.692. The predicted octanol–water partition coefficient (Wildman–Crippen LogP) is 4.22. The van der Waals surface area contributed by atoms with Crippen LogP contribution in [0.25, 0.3) is 0 Å². The smallest absolute Gasteiger partial charge is 0.162 e. The monoisotopic (exact) mass is 332 g/mol. The summed E-state index contributed by atoms with van der Waals surface area (Å²) in [6.07, 6.45) is 1.98. The van der Waals surface area contributed by atoms with Gasteiger partial charge in [0.25, 0.3) is 0 Å². The van der Waals surface area contributed by atoms with Gasteiger partial charge < -0.3 is 4.74 Å². The minimum atomic E-state index is -0.398. The molecule has 1 aromatic rings. The molecule has 0 amide bonds. The van der Waals surface area contributed by atoms with E-state index in [-0.39, 0.29) is 5.41 Å². The van der Waals surface area contributed by atoms with Crippen LogP contribution in [0.15, 0.2) is 4.47 Å². The Morgan fingerprint density at radius 2 is 2.00 bits per heavy atom. The first-order chi connectivity index (χ1) is 8.24. The van der Waals surface area contributed by atoms with E-state index >= 15 is 0 Å². The van der Waals surface area contributed by atoms with Crippen LogP contribution in [0.5, 0.6) is 0 Å². The summed E-state index contributed by atoms with van der Waals surface area (Å²) in [5.41, 5.74) is 0.439. The molecule has 1 aromatic heterocycles. The molecule has 18 heavy (non-hydrogen) atoms. The largest absolute Gasteiger partial charge is 0.367 e. The van der Waals surface area contributed by atoms with E-state index < -0.39 is 5.60 Å². The molecule has 100 valence electrons. The van der Waals surface area contributed by atoms with E-state index in [0.29, 0.717) is 11.0 Å². The van der Waals surface area contributed by atoms with Gasteiger partial charge in [-0.25, -0.2) is 9.97 Å². The number of aromatic nitrogens is 2. The SMILES string of the molecule is CC(C)(C)c1nc(C2(C)CCCO2)nc(Cl)c1Br. The molecule has 1 aliphatic rings.